The van der Waals surface area contributed by atoms with Crippen LogP contribution in [0.2, 0.25) is 0 Å². The van der Waals surface area contributed by atoms with Crippen molar-refractivity contribution in [2.45, 2.75) is 45.7 Å². The smallest absolute Gasteiger partial charge is 0.338 e. The van der Waals surface area contributed by atoms with E-state index in [1.54, 1.807) is 25.1 Å². The summed E-state index contributed by atoms with van der Waals surface area (Å²) >= 11 is 0. The van der Waals surface area contributed by atoms with Crippen LogP contribution in [0.5, 0.6) is 0 Å². The highest BCUT2D eigenvalue weighted by Crippen LogP contribution is 2.22. The molecule has 2 amide bonds. The normalized spacial score (nSPS) is 17.8. The molecule has 1 aliphatic rings. The summed E-state index contributed by atoms with van der Waals surface area (Å²) in [7, 11) is -3.17. The number of furan rings is 1. The molecule has 2 heterocycles. The number of hydrogen-bond acceptors (Lipinski definition) is 7. The van der Waals surface area contributed by atoms with Gasteiger partial charge in [0.05, 0.1) is 23.3 Å². The van der Waals surface area contributed by atoms with Crippen LogP contribution in [0.25, 0.3) is 0 Å². The van der Waals surface area contributed by atoms with Gasteiger partial charge in [-0.3, -0.25) is 9.59 Å². The van der Waals surface area contributed by atoms with Crippen LogP contribution >= 0.6 is 0 Å². The predicted octanol–water partition coefficient (Wildman–Crippen LogP) is 2.81. The number of anilines is 1. The number of nitrogens with zero attached hydrogens (tertiary/aromatic N) is 1. The number of aryl methyl sites for hydroxylation is 1. The maximum Gasteiger partial charge on any atom is 0.338 e. The molecule has 9 nitrogen and oxygen atoms in total. The van der Waals surface area contributed by atoms with E-state index in [4.69, 9.17) is 9.15 Å². The van der Waals surface area contributed by atoms with Crippen LogP contribution in [0, 0.1) is 6.92 Å². The molecule has 0 bridgehead atoms. The molecule has 1 aromatic heterocycles. The van der Waals surface area contributed by atoms with Crippen molar-refractivity contribution in [1.29, 1.82) is 0 Å². The summed E-state index contributed by atoms with van der Waals surface area (Å²) in [6.45, 7) is 5.03. The van der Waals surface area contributed by atoms with Crippen molar-refractivity contribution in [3.63, 3.8) is 0 Å². The molecule has 1 saturated heterocycles. The predicted molar refractivity (Wildman–Crippen MR) is 122 cm³/mol. The Labute approximate surface area is 193 Å². The summed E-state index contributed by atoms with van der Waals surface area (Å²) in [4.78, 5) is 39.2. The molecule has 0 spiro atoms. The van der Waals surface area contributed by atoms with Crippen molar-refractivity contribution in [3.8, 4) is 0 Å². The van der Waals surface area contributed by atoms with E-state index in [1.165, 1.54) is 23.3 Å². The summed E-state index contributed by atoms with van der Waals surface area (Å²) in [6.07, 6.45) is 2.41. The number of carbonyl (C=O) groups is 3. The van der Waals surface area contributed by atoms with Gasteiger partial charge in [0.1, 0.15) is 0 Å². The fraction of sp³-hybridized carbons (Fsp3) is 0.435. The van der Waals surface area contributed by atoms with Crippen LogP contribution in [0.15, 0.2) is 41.0 Å². The lowest BCUT2D eigenvalue weighted by atomic mass is 10.1. The van der Waals surface area contributed by atoms with Crippen LogP contribution in [0.4, 0.5) is 5.69 Å². The third kappa shape index (κ3) is 6.01. The van der Waals surface area contributed by atoms with E-state index in [1.807, 2.05) is 13.8 Å². The average Bonchev–Trinajstić information content (AvgIpc) is 3.43. The molecule has 1 N–H and O–H groups in total. The Morgan fingerprint density at radius 3 is 2.64 bits per heavy atom. The van der Waals surface area contributed by atoms with Crippen molar-refractivity contribution < 1.29 is 32.0 Å². The van der Waals surface area contributed by atoms with Gasteiger partial charge < -0.3 is 19.4 Å². The number of esters is 1. The monoisotopic (exact) mass is 476 g/mol. The SMILES string of the molecule is CCC(C)N(C(=O)COC(=O)c1ccc(C)c(NC(=O)c2ccco2)c1)C1CCS(=O)(=O)C1. The Kier molecular flexibility index (Phi) is 7.57. The van der Waals surface area contributed by atoms with Crippen molar-refractivity contribution in [2.75, 3.05) is 23.4 Å². The van der Waals surface area contributed by atoms with Crippen molar-refractivity contribution in [1.82, 2.24) is 4.90 Å². The molecule has 1 fully saturated rings. The minimum Gasteiger partial charge on any atom is -0.459 e. The van der Waals surface area contributed by atoms with Crippen LogP contribution < -0.4 is 5.32 Å². The standard InChI is InChI=1S/C23H28N2O7S/c1-4-16(3)25(18-9-11-33(29,30)14-18)21(26)13-32-23(28)17-8-7-15(2)19(12-17)24-22(27)20-6-5-10-31-20/h5-8,10,12,16,18H,4,9,11,13-14H2,1-3H3,(H,24,27). The van der Waals surface area contributed by atoms with Crippen LogP contribution in [-0.2, 0) is 19.4 Å². The largest absolute Gasteiger partial charge is 0.459 e. The van der Waals surface area contributed by atoms with Gasteiger partial charge >= 0.3 is 5.97 Å². The molecule has 178 valence electrons. The van der Waals surface area contributed by atoms with E-state index in [2.05, 4.69) is 5.32 Å². The number of sulfone groups is 1. The molecule has 2 aromatic rings. The van der Waals surface area contributed by atoms with Crippen LogP contribution in [-0.4, -0.2) is 61.3 Å². The maximum absolute atomic E-state index is 12.9. The molecule has 1 aromatic carbocycles. The van der Waals surface area contributed by atoms with Gasteiger partial charge in [0.2, 0.25) is 0 Å². The number of hydrogen-bond donors (Lipinski definition) is 1. The number of ether oxygens (including phenoxy) is 1. The lowest BCUT2D eigenvalue weighted by molar-refractivity contribution is -0.138. The highest BCUT2D eigenvalue weighted by molar-refractivity contribution is 7.91. The van der Waals surface area contributed by atoms with E-state index in [-0.39, 0.29) is 28.9 Å². The van der Waals surface area contributed by atoms with Crippen molar-refractivity contribution >= 4 is 33.3 Å². The van der Waals surface area contributed by atoms with E-state index >= 15 is 0 Å². The maximum atomic E-state index is 12.9. The first kappa shape index (κ1) is 24.5. The fourth-order valence-corrected chi connectivity index (χ4v) is 5.47. The molecule has 0 saturated carbocycles. The van der Waals surface area contributed by atoms with Crippen molar-refractivity contribution in [2.24, 2.45) is 0 Å². The zero-order valence-corrected chi connectivity index (χ0v) is 19.7. The molecule has 0 aliphatic carbocycles. The number of nitrogens with one attached hydrogen (secondary N) is 1. The third-order valence-electron chi connectivity index (χ3n) is 5.75. The summed E-state index contributed by atoms with van der Waals surface area (Å²) in [5, 5.41) is 2.69. The Hall–Kier alpha value is -3.14. The summed E-state index contributed by atoms with van der Waals surface area (Å²) < 4.78 is 34.1. The molecule has 33 heavy (non-hydrogen) atoms. The second-order valence-electron chi connectivity index (χ2n) is 8.15. The van der Waals surface area contributed by atoms with Gasteiger partial charge in [0, 0.05) is 17.8 Å². The molecular formula is C23H28N2O7S. The summed E-state index contributed by atoms with van der Waals surface area (Å²) in [5.41, 5.74) is 1.31. The highest BCUT2D eigenvalue weighted by Gasteiger charge is 2.36. The first-order valence-corrected chi connectivity index (χ1v) is 12.6. The average molecular weight is 477 g/mol. The summed E-state index contributed by atoms with van der Waals surface area (Å²) in [5.74, 6) is -1.51. The van der Waals surface area contributed by atoms with Gasteiger partial charge in [-0.2, -0.15) is 0 Å². The molecule has 10 heteroatoms. The van der Waals surface area contributed by atoms with Gasteiger partial charge in [0.15, 0.2) is 22.2 Å². The summed E-state index contributed by atoms with van der Waals surface area (Å²) in [6, 6.07) is 7.18. The highest BCUT2D eigenvalue weighted by atomic mass is 32.2. The van der Waals surface area contributed by atoms with E-state index < -0.39 is 40.3 Å². The molecular weight excluding hydrogens is 448 g/mol. The molecule has 0 radical (unpaired) electrons. The number of carbonyl (C=O) groups excluding carboxylic acids is 3. The Morgan fingerprint density at radius 1 is 1.27 bits per heavy atom. The van der Waals surface area contributed by atoms with E-state index in [0.29, 0.717) is 18.5 Å². The number of amides is 2. The first-order chi connectivity index (χ1) is 15.6. The molecule has 2 atom stereocenters. The minimum atomic E-state index is -3.17. The number of benzene rings is 1. The zero-order chi connectivity index (χ0) is 24.2. The topological polar surface area (TPSA) is 123 Å². The van der Waals surface area contributed by atoms with Gasteiger partial charge in [-0.05, 0) is 56.5 Å². The van der Waals surface area contributed by atoms with E-state index in [9.17, 15) is 22.8 Å². The van der Waals surface area contributed by atoms with Crippen LogP contribution in [0.3, 0.4) is 0 Å². The van der Waals surface area contributed by atoms with Crippen LogP contribution in [0.1, 0.15) is 53.2 Å². The lowest BCUT2D eigenvalue weighted by Gasteiger charge is -2.33. The Morgan fingerprint density at radius 2 is 2.03 bits per heavy atom. The van der Waals surface area contributed by atoms with Gasteiger partial charge in [-0.15, -0.1) is 0 Å². The Balaban J connectivity index is 1.66. The quantitative estimate of drug-likeness (QED) is 0.581. The first-order valence-electron chi connectivity index (χ1n) is 10.8. The Bertz CT molecular complexity index is 1130. The zero-order valence-electron chi connectivity index (χ0n) is 18.9. The van der Waals surface area contributed by atoms with Gasteiger partial charge in [-0.1, -0.05) is 13.0 Å². The second-order valence-corrected chi connectivity index (χ2v) is 10.4. The van der Waals surface area contributed by atoms with Gasteiger partial charge in [-0.25, -0.2) is 13.2 Å². The molecule has 3 rings (SSSR count). The van der Waals surface area contributed by atoms with E-state index in [0.717, 1.165) is 5.56 Å². The third-order valence-corrected chi connectivity index (χ3v) is 7.50. The number of rotatable bonds is 8. The van der Waals surface area contributed by atoms with Crippen molar-refractivity contribution in [3.05, 3.63) is 53.5 Å². The van der Waals surface area contributed by atoms with Gasteiger partial charge in [0.25, 0.3) is 11.8 Å². The minimum absolute atomic E-state index is 0.0491. The lowest BCUT2D eigenvalue weighted by Crippen LogP contribution is -2.48. The molecule has 1 aliphatic heterocycles. The fourth-order valence-electron chi connectivity index (χ4n) is 3.76. The second kappa shape index (κ2) is 10.2. The molecule has 2 unspecified atom stereocenters.